The maximum absolute atomic E-state index is 11.1. The van der Waals surface area contributed by atoms with Crippen LogP contribution in [0.15, 0.2) is 25.0 Å². The first-order chi connectivity index (χ1) is 7.18. The fraction of sp³-hybridized carbons (Fsp3) is 0.250. The van der Waals surface area contributed by atoms with Gasteiger partial charge in [-0.15, -0.1) is 10.2 Å². The third-order valence-corrected chi connectivity index (χ3v) is 2.01. The Hall–Kier alpha value is -2.18. The Morgan fingerprint density at radius 1 is 1.47 bits per heavy atom. The molecule has 2 aromatic rings. The molecule has 0 amide bonds. The number of hydrogen-bond acceptors (Lipinski definition) is 4. The molecule has 0 spiro atoms. The first-order valence-corrected chi connectivity index (χ1v) is 4.24. The second kappa shape index (κ2) is 3.52. The number of nitrogens with zero attached hydrogens (tertiary/aromatic N) is 5. The van der Waals surface area contributed by atoms with Gasteiger partial charge in [0.1, 0.15) is 12.7 Å². The SMILES string of the molecule is Cn1cc(C(C(=O)O)n2cnnc2)cn1. The monoisotopic (exact) mass is 207 g/mol. The van der Waals surface area contributed by atoms with Gasteiger partial charge in [0.25, 0.3) is 0 Å². The summed E-state index contributed by atoms with van der Waals surface area (Å²) in [5.74, 6) is -0.970. The molecule has 1 N–H and O–H groups in total. The predicted octanol–water partition coefficient (Wildman–Crippen LogP) is -0.314. The largest absolute Gasteiger partial charge is 0.479 e. The van der Waals surface area contributed by atoms with E-state index in [2.05, 4.69) is 15.3 Å². The summed E-state index contributed by atoms with van der Waals surface area (Å²) in [6, 6.07) is -0.825. The van der Waals surface area contributed by atoms with E-state index in [1.54, 1.807) is 17.9 Å². The highest BCUT2D eigenvalue weighted by Crippen LogP contribution is 2.16. The normalized spacial score (nSPS) is 12.6. The summed E-state index contributed by atoms with van der Waals surface area (Å²) in [5, 5.41) is 20.2. The van der Waals surface area contributed by atoms with E-state index < -0.39 is 12.0 Å². The molecule has 0 saturated heterocycles. The fourth-order valence-electron chi connectivity index (χ4n) is 1.37. The predicted molar refractivity (Wildman–Crippen MR) is 49.0 cm³/mol. The lowest BCUT2D eigenvalue weighted by molar-refractivity contribution is -0.139. The highest BCUT2D eigenvalue weighted by atomic mass is 16.4. The van der Waals surface area contributed by atoms with Crippen molar-refractivity contribution in [2.24, 2.45) is 7.05 Å². The molecule has 1 atom stereocenters. The number of aliphatic carboxylic acids is 1. The Morgan fingerprint density at radius 2 is 2.13 bits per heavy atom. The second-order valence-corrected chi connectivity index (χ2v) is 3.10. The molecular formula is C8H9N5O2. The number of rotatable bonds is 3. The lowest BCUT2D eigenvalue weighted by Gasteiger charge is -2.10. The van der Waals surface area contributed by atoms with Crippen LogP contribution in [0.3, 0.4) is 0 Å². The van der Waals surface area contributed by atoms with E-state index in [1.807, 2.05) is 0 Å². The Labute approximate surface area is 85.0 Å². The smallest absolute Gasteiger partial charge is 0.331 e. The van der Waals surface area contributed by atoms with Crippen LogP contribution in [0.1, 0.15) is 11.6 Å². The van der Waals surface area contributed by atoms with Crippen molar-refractivity contribution in [3.05, 3.63) is 30.6 Å². The van der Waals surface area contributed by atoms with Crippen LogP contribution in [0.25, 0.3) is 0 Å². The van der Waals surface area contributed by atoms with E-state index in [0.29, 0.717) is 5.56 Å². The van der Waals surface area contributed by atoms with Crippen LogP contribution in [0.5, 0.6) is 0 Å². The van der Waals surface area contributed by atoms with Crippen molar-refractivity contribution >= 4 is 5.97 Å². The first kappa shape index (κ1) is 9.38. The molecule has 0 saturated carbocycles. The van der Waals surface area contributed by atoms with E-state index in [4.69, 9.17) is 5.11 Å². The number of carboxylic acid groups (broad SMARTS) is 1. The van der Waals surface area contributed by atoms with Gasteiger partial charge in [0.2, 0.25) is 0 Å². The van der Waals surface area contributed by atoms with Gasteiger partial charge in [-0.2, -0.15) is 5.10 Å². The topological polar surface area (TPSA) is 85.8 Å². The Bertz CT molecular complexity index is 461. The van der Waals surface area contributed by atoms with Gasteiger partial charge >= 0.3 is 5.97 Å². The molecule has 1 unspecified atom stereocenters. The van der Waals surface area contributed by atoms with Gasteiger partial charge in [0, 0.05) is 18.8 Å². The molecule has 78 valence electrons. The van der Waals surface area contributed by atoms with E-state index in [0.717, 1.165) is 0 Å². The molecule has 2 heterocycles. The molecule has 0 bridgehead atoms. The Kier molecular flexibility index (Phi) is 2.20. The van der Waals surface area contributed by atoms with Gasteiger partial charge in [0.15, 0.2) is 6.04 Å². The summed E-state index contributed by atoms with van der Waals surface area (Å²) < 4.78 is 2.97. The molecular weight excluding hydrogens is 198 g/mol. The fourth-order valence-corrected chi connectivity index (χ4v) is 1.37. The third kappa shape index (κ3) is 1.71. The zero-order valence-electron chi connectivity index (χ0n) is 7.98. The van der Waals surface area contributed by atoms with Crippen LogP contribution in [-0.2, 0) is 11.8 Å². The van der Waals surface area contributed by atoms with Gasteiger partial charge < -0.3 is 9.67 Å². The minimum atomic E-state index is -0.970. The highest BCUT2D eigenvalue weighted by molar-refractivity contribution is 5.75. The van der Waals surface area contributed by atoms with Crippen LogP contribution in [0, 0.1) is 0 Å². The van der Waals surface area contributed by atoms with Gasteiger partial charge in [-0.3, -0.25) is 4.68 Å². The average Bonchev–Trinajstić information content (AvgIpc) is 2.77. The summed E-state index contributed by atoms with van der Waals surface area (Å²) >= 11 is 0. The molecule has 15 heavy (non-hydrogen) atoms. The minimum Gasteiger partial charge on any atom is -0.479 e. The van der Waals surface area contributed by atoms with Crippen LogP contribution in [0.2, 0.25) is 0 Å². The zero-order chi connectivity index (χ0) is 10.8. The number of aromatic nitrogens is 5. The van der Waals surface area contributed by atoms with E-state index in [1.165, 1.54) is 23.4 Å². The lowest BCUT2D eigenvalue weighted by Crippen LogP contribution is -2.18. The molecule has 0 aliphatic carbocycles. The number of carbonyl (C=O) groups is 1. The van der Waals surface area contributed by atoms with Crippen molar-refractivity contribution in [2.45, 2.75) is 6.04 Å². The van der Waals surface area contributed by atoms with Gasteiger partial charge in [-0.1, -0.05) is 0 Å². The van der Waals surface area contributed by atoms with Gasteiger partial charge in [-0.05, 0) is 0 Å². The van der Waals surface area contributed by atoms with Crippen molar-refractivity contribution in [1.82, 2.24) is 24.5 Å². The number of hydrogen-bond donors (Lipinski definition) is 1. The molecule has 2 rings (SSSR count). The second-order valence-electron chi connectivity index (χ2n) is 3.10. The van der Waals surface area contributed by atoms with Crippen LogP contribution >= 0.6 is 0 Å². The van der Waals surface area contributed by atoms with Crippen molar-refractivity contribution in [1.29, 1.82) is 0 Å². The lowest BCUT2D eigenvalue weighted by atomic mass is 10.1. The maximum Gasteiger partial charge on any atom is 0.331 e. The summed E-state index contributed by atoms with van der Waals surface area (Å²) in [6.07, 6.45) is 5.90. The number of aryl methyl sites for hydroxylation is 1. The molecule has 0 aromatic carbocycles. The number of carboxylic acids is 1. The van der Waals surface area contributed by atoms with Crippen molar-refractivity contribution in [3.63, 3.8) is 0 Å². The summed E-state index contributed by atoms with van der Waals surface area (Å²) in [6.45, 7) is 0. The molecule has 0 aliphatic heterocycles. The van der Waals surface area contributed by atoms with Crippen LogP contribution in [-0.4, -0.2) is 35.6 Å². The van der Waals surface area contributed by atoms with Gasteiger partial charge in [0.05, 0.1) is 6.20 Å². The van der Waals surface area contributed by atoms with Gasteiger partial charge in [-0.25, -0.2) is 4.79 Å². The van der Waals surface area contributed by atoms with Crippen LogP contribution in [0.4, 0.5) is 0 Å². The van der Waals surface area contributed by atoms with E-state index in [9.17, 15) is 4.79 Å². The summed E-state index contributed by atoms with van der Waals surface area (Å²) in [5.41, 5.74) is 0.588. The molecule has 0 fully saturated rings. The summed E-state index contributed by atoms with van der Waals surface area (Å²) in [4.78, 5) is 11.1. The summed E-state index contributed by atoms with van der Waals surface area (Å²) in [7, 11) is 1.73. The molecule has 0 radical (unpaired) electrons. The maximum atomic E-state index is 11.1. The highest BCUT2D eigenvalue weighted by Gasteiger charge is 2.22. The standard InChI is InChI=1S/C8H9N5O2/c1-12-3-6(2-11-12)7(8(14)15)13-4-9-10-5-13/h2-5,7H,1H3,(H,14,15). The zero-order valence-corrected chi connectivity index (χ0v) is 7.98. The van der Waals surface area contributed by atoms with Crippen LogP contribution < -0.4 is 0 Å². The van der Waals surface area contributed by atoms with Crippen molar-refractivity contribution < 1.29 is 9.90 Å². The minimum absolute atomic E-state index is 0.588. The molecule has 2 aromatic heterocycles. The third-order valence-electron chi connectivity index (χ3n) is 2.01. The first-order valence-electron chi connectivity index (χ1n) is 4.24. The van der Waals surface area contributed by atoms with Crippen molar-refractivity contribution in [2.75, 3.05) is 0 Å². The average molecular weight is 207 g/mol. The quantitative estimate of drug-likeness (QED) is 0.745. The van der Waals surface area contributed by atoms with E-state index in [-0.39, 0.29) is 0 Å². The Balaban J connectivity index is 2.41. The molecule has 7 heteroatoms. The molecule has 7 nitrogen and oxygen atoms in total. The van der Waals surface area contributed by atoms with E-state index >= 15 is 0 Å². The Morgan fingerprint density at radius 3 is 2.60 bits per heavy atom. The van der Waals surface area contributed by atoms with Crippen molar-refractivity contribution in [3.8, 4) is 0 Å². The molecule has 0 aliphatic rings.